The topological polar surface area (TPSA) is 63.3 Å². The van der Waals surface area contributed by atoms with Gasteiger partial charge in [-0.05, 0) is 25.1 Å². The first-order valence-corrected chi connectivity index (χ1v) is 4.91. The number of phenolic OH excluding ortho intramolecular Hbond substituents is 1. The molecule has 1 aromatic carbocycles. The van der Waals surface area contributed by atoms with Crippen LogP contribution in [0.25, 0.3) is 6.08 Å². The van der Waals surface area contributed by atoms with E-state index in [0.717, 1.165) is 0 Å². The van der Waals surface area contributed by atoms with E-state index < -0.39 is 0 Å². The van der Waals surface area contributed by atoms with E-state index in [-0.39, 0.29) is 11.3 Å². The van der Waals surface area contributed by atoms with Gasteiger partial charge in [-0.2, -0.15) is 0 Å². The summed E-state index contributed by atoms with van der Waals surface area (Å²) in [6.45, 7) is 0.540. The third kappa shape index (κ3) is 3.08. The van der Waals surface area contributed by atoms with Crippen LogP contribution in [0, 0.1) is 0 Å². The smallest absolute Gasteiger partial charge is 0.153 e. The molecule has 3 nitrogen and oxygen atoms in total. The van der Waals surface area contributed by atoms with E-state index in [4.69, 9.17) is 17.3 Å². The molecule has 15 heavy (non-hydrogen) atoms. The van der Waals surface area contributed by atoms with Crippen molar-refractivity contribution >= 4 is 24.0 Å². The molecule has 0 spiro atoms. The first kappa shape index (κ1) is 11.8. The molecular formula is C11H12ClNO2. The van der Waals surface area contributed by atoms with Gasteiger partial charge in [-0.1, -0.05) is 23.8 Å². The highest BCUT2D eigenvalue weighted by atomic mass is 35.5. The van der Waals surface area contributed by atoms with Crippen LogP contribution in [-0.4, -0.2) is 17.9 Å². The molecule has 0 heterocycles. The number of carbonyl (C=O) groups excluding carboxylic acids is 1. The van der Waals surface area contributed by atoms with Crippen molar-refractivity contribution in [3.63, 3.8) is 0 Å². The van der Waals surface area contributed by atoms with Crippen molar-refractivity contribution in [3.05, 3.63) is 34.4 Å². The van der Waals surface area contributed by atoms with Crippen molar-refractivity contribution in [2.45, 2.75) is 6.42 Å². The average molecular weight is 226 g/mol. The lowest BCUT2D eigenvalue weighted by molar-refractivity contribution is 0.112. The van der Waals surface area contributed by atoms with Gasteiger partial charge in [0.25, 0.3) is 0 Å². The van der Waals surface area contributed by atoms with Gasteiger partial charge >= 0.3 is 0 Å². The van der Waals surface area contributed by atoms with Crippen LogP contribution >= 0.6 is 11.6 Å². The van der Waals surface area contributed by atoms with Crippen LogP contribution in [0.15, 0.2) is 18.2 Å². The number of hydrogen-bond acceptors (Lipinski definition) is 3. The summed E-state index contributed by atoms with van der Waals surface area (Å²) in [5, 5.41) is 10.1. The Morgan fingerprint density at radius 3 is 2.67 bits per heavy atom. The van der Waals surface area contributed by atoms with Crippen LogP contribution in [0.5, 0.6) is 5.75 Å². The number of aromatic hydroxyl groups is 1. The summed E-state index contributed by atoms with van der Waals surface area (Å²) in [6, 6.07) is 3.01. The second-order valence-corrected chi connectivity index (χ2v) is 3.47. The number of nitrogens with two attached hydrogens (primary N) is 1. The van der Waals surface area contributed by atoms with E-state index >= 15 is 0 Å². The zero-order chi connectivity index (χ0) is 11.3. The second-order valence-electron chi connectivity index (χ2n) is 3.03. The SMILES string of the molecule is NCCC=Cc1cc(Cl)cc(C=O)c1O. The number of aldehydes is 1. The molecule has 0 amide bonds. The lowest BCUT2D eigenvalue weighted by atomic mass is 10.1. The summed E-state index contributed by atoms with van der Waals surface area (Å²) in [5.41, 5.74) is 6.04. The summed E-state index contributed by atoms with van der Waals surface area (Å²) in [4.78, 5) is 10.6. The van der Waals surface area contributed by atoms with Gasteiger partial charge in [-0.15, -0.1) is 0 Å². The molecule has 80 valence electrons. The quantitative estimate of drug-likeness (QED) is 0.773. The standard InChI is InChI=1S/C11H12ClNO2/c12-10-5-8(3-1-2-4-13)11(15)9(6-10)7-14/h1,3,5-7,15H,2,4,13H2. The predicted molar refractivity (Wildman–Crippen MR) is 61.2 cm³/mol. The maximum absolute atomic E-state index is 10.6. The highest BCUT2D eigenvalue weighted by molar-refractivity contribution is 6.31. The molecule has 4 heteroatoms. The maximum atomic E-state index is 10.6. The van der Waals surface area contributed by atoms with Gasteiger partial charge in [0.1, 0.15) is 5.75 Å². The zero-order valence-electron chi connectivity index (χ0n) is 8.11. The Morgan fingerprint density at radius 2 is 2.07 bits per heavy atom. The Kier molecular flexibility index (Phi) is 4.34. The van der Waals surface area contributed by atoms with Gasteiger partial charge in [-0.3, -0.25) is 4.79 Å². The molecule has 1 rings (SSSR count). The Hall–Kier alpha value is -1.32. The minimum absolute atomic E-state index is 0.0531. The highest BCUT2D eigenvalue weighted by Crippen LogP contribution is 2.27. The molecular weight excluding hydrogens is 214 g/mol. The van der Waals surface area contributed by atoms with E-state index in [1.54, 1.807) is 12.1 Å². The summed E-state index contributed by atoms with van der Waals surface area (Å²) in [7, 11) is 0. The summed E-state index contributed by atoms with van der Waals surface area (Å²) >= 11 is 5.78. The van der Waals surface area contributed by atoms with E-state index in [1.165, 1.54) is 6.07 Å². The van der Waals surface area contributed by atoms with Crippen molar-refractivity contribution in [1.82, 2.24) is 0 Å². The molecule has 0 saturated carbocycles. The monoisotopic (exact) mass is 225 g/mol. The van der Waals surface area contributed by atoms with E-state index in [1.807, 2.05) is 6.08 Å². The van der Waals surface area contributed by atoms with Crippen LogP contribution < -0.4 is 5.73 Å². The number of rotatable bonds is 4. The van der Waals surface area contributed by atoms with E-state index in [9.17, 15) is 9.90 Å². The first-order chi connectivity index (χ1) is 7.19. The average Bonchev–Trinajstić information content (AvgIpc) is 2.23. The molecule has 0 fully saturated rings. The molecule has 1 aromatic rings. The molecule has 0 unspecified atom stereocenters. The third-order valence-electron chi connectivity index (χ3n) is 1.89. The molecule has 0 aliphatic rings. The van der Waals surface area contributed by atoms with Gasteiger partial charge in [0.05, 0.1) is 5.56 Å². The summed E-state index contributed by atoms with van der Waals surface area (Å²) in [5.74, 6) is -0.0531. The fraction of sp³-hybridized carbons (Fsp3) is 0.182. The van der Waals surface area contributed by atoms with Crippen molar-refractivity contribution in [1.29, 1.82) is 0 Å². The molecule has 0 atom stereocenters. The van der Waals surface area contributed by atoms with Crippen LogP contribution in [-0.2, 0) is 0 Å². The van der Waals surface area contributed by atoms with Crippen LogP contribution in [0.1, 0.15) is 22.3 Å². The predicted octanol–water partition coefficient (Wildman–Crippen LogP) is 2.22. The van der Waals surface area contributed by atoms with Crippen molar-refractivity contribution in [2.24, 2.45) is 5.73 Å². The number of halogens is 1. The molecule has 0 aromatic heterocycles. The number of hydrogen-bond donors (Lipinski definition) is 2. The normalized spacial score (nSPS) is 10.8. The van der Waals surface area contributed by atoms with Crippen LogP contribution in [0.3, 0.4) is 0 Å². The van der Waals surface area contributed by atoms with E-state index in [0.29, 0.717) is 29.8 Å². The minimum Gasteiger partial charge on any atom is -0.507 e. The van der Waals surface area contributed by atoms with Crippen LogP contribution in [0.4, 0.5) is 0 Å². The van der Waals surface area contributed by atoms with Gasteiger partial charge in [0, 0.05) is 10.6 Å². The van der Waals surface area contributed by atoms with Crippen molar-refractivity contribution < 1.29 is 9.90 Å². The Labute approximate surface area is 93.2 Å². The second kappa shape index (κ2) is 5.53. The number of phenols is 1. The Balaban J connectivity index is 3.06. The van der Waals surface area contributed by atoms with Gasteiger partial charge in [0.2, 0.25) is 0 Å². The highest BCUT2D eigenvalue weighted by Gasteiger charge is 2.06. The minimum atomic E-state index is -0.0531. The lowest BCUT2D eigenvalue weighted by Crippen LogP contribution is -1.95. The fourth-order valence-corrected chi connectivity index (χ4v) is 1.40. The summed E-state index contributed by atoms with van der Waals surface area (Å²) in [6.07, 6.45) is 4.80. The lowest BCUT2D eigenvalue weighted by Gasteiger charge is -2.03. The molecule has 0 aliphatic heterocycles. The molecule has 0 saturated heterocycles. The van der Waals surface area contributed by atoms with E-state index in [2.05, 4.69) is 0 Å². The number of benzene rings is 1. The Bertz CT molecular complexity index is 388. The third-order valence-corrected chi connectivity index (χ3v) is 2.11. The van der Waals surface area contributed by atoms with Gasteiger partial charge < -0.3 is 10.8 Å². The maximum Gasteiger partial charge on any atom is 0.153 e. The number of carbonyl (C=O) groups is 1. The van der Waals surface area contributed by atoms with Gasteiger partial charge in [0.15, 0.2) is 6.29 Å². The van der Waals surface area contributed by atoms with Crippen molar-refractivity contribution in [2.75, 3.05) is 6.54 Å². The largest absolute Gasteiger partial charge is 0.507 e. The molecule has 0 bridgehead atoms. The Morgan fingerprint density at radius 1 is 1.40 bits per heavy atom. The van der Waals surface area contributed by atoms with Crippen molar-refractivity contribution in [3.8, 4) is 5.75 Å². The summed E-state index contributed by atoms with van der Waals surface area (Å²) < 4.78 is 0. The molecule has 3 N–H and O–H groups in total. The fourth-order valence-electron chi connectivity index (χ4n) is 1.17. The van der Waals surface area contributed by atoms with Crippen LogP contribution in [0.2, 0.25) is 5.02 Å². The first-order valence-electron chi connectivity index (χ1n) is 4.53. The molecule has 0 aliphatic carbocycles. The molecule has 0 radical (unpaired) electrons. The van der Waals surface area contributed by atoms with Gasteiger partial charge in [-0.25, -0.2) is 0 Å². The zero-order valence-corrected chi connectivity index (χ0v) is 8.87.